The minimum atomic E-state index is -0.308. The van der Waals surface area contributed by atoms with E-state index >= 15 is 0 Å². The van der Waals surface area contributed by atoms with Crippen molar-refractivity contribution >= 4 is 16.8 Å². The second-order valence-electron chi connectivity index (χ2n) is 7.82. The van der Waals surface area contributed by atoms with Gasteiger partial charge in [0.15, 0.2) is 5.82 Å². The summed E-state index contributed by atoms with van der Waals surface area (Å²) in [7, 11) is 0. The number of benzene rings is 2. The molecule has 5 rings (SSSR count). The number of ether oxygens (including phenoxy) is 1. The molecule has 1 aliphatic rings. The van der Waals surface area contributed by atoms with Gasteiger partial charge in [0.05, 0.1) is 17.1 Å². The second-order valence-corrected chi connectivity index (χ2v) is 7.82. The standard InChI is InChI=1S/C24H22N4O3/c29-17-5-3-4-16(14-17)21-24(26-13-12-25-21)31-18-10-8-15(9-11-18)22(30)23-27-19-6-1-2-7-20(19)28-23/h1-2,6-13,16-17,29H,3-5,14H2,(H,27,28). The highest BCUT2D eigenvalue weighted by molar-refractivity contribution is 6.08. The average Bonchev–Trinajstić information content (AvgIpc) is 3.24. The molecule has 2 heterocycles. The van der Waals surface area contributed by atoms with Crippen molar-refractivity contribution in [2.45, 2.75) is 37.7 Å². The van der Waals surface area contributed by atoms with E-state index in [1.165, 1.54) is 0 Å². The minimum Gasteiger partial charge on any atom is -0.437 e. The maximum atomic E-state index is 12.8. The molecule has 0 spiro atoms. The Hall–Kier alpha value is -3.58. The Morgan fingerprint density at radius 1 is 1.03 bits per heavy atom. The summed E-state index contributed by atoms with van der Waals surface area (Å²) in [5, 5.41) is 10.0. The first-order chi connectivity index (χ1) is 15.2. The maximum Gasteiger partial charge on any atom is 0.241 e. The van der Waals surface area contributed by atoms with Crippen LogP contribution in [0.4, 0.5) is 0 Å². The van der Waals surface area contributed by atoms with Gasteiger partial charge in [0.2, 0.25) is 11.7 Å². The fraction of sp³-hybridized carbons (Fsp3) is 0.250. The van der Waals surface area contributed by atoms with Gasteiger partial charge in [-0.2, -0.15) is 0 Å². The van der Waals surface area contributed by atoms with E-state index in [4.69, 9.17) is 4.74 Å². The fourth-order valence-electron chi connectivity index (χ4n) is 4.09. The van der Waals surface area contributed by atoms with Crippen molar-refractivity contribution in [1.29, 1.82) is 0 Å². The summed E-state index contributed by atoms with van der Waals surface area (Å²) in [5.74, 6) is 1.26. The summed E-state index contributed by atoms with van der Waals surface area (Å²) in [6, 6.07) is 14.4. The molecule has 2 aromatic carbocycles. The third-order valence-electron chi connectivity index (χ3n) is 5.66. The molecule has 7 heteroatoms. The van der Waals surface area contributed by atoms with Crippen molar-refractivity contribution in [2.75, 3.05) is 0 Å². The molecule has 0 amide bonds. The lowest BCUT2D eigenvalue weighted by molar-refractivity contribution is 0.103. The van der Waals surface area contributed by atoms with Crippen LogP contribution in [0, 0.1) is 0 Å². The molecule has 7 nitrogen and oxygen atoms in total. The first-order valence-corrected chi connectivity index (χ1v) is 10.4. The highest BCUT2D eigenvalue weighted by Crippen LogP contribution is 2.36. The van der Waals surface area contributed by atoms with E-state index in [2.05, 4.69) is 19.9 Å². The summed E-state index contributed by atoms with van der Waals surface area (Å²) in [5.41, 5.74) is 2.87. The van der Waals surface area contributed by atoms with E-state index in [9.17, 15) is 9.90 Å². The fourth-order valence-corrected chi connectivity index (χ4v) is 4.09. The van der Waals surface area contributed by atoms with Crippen LogP contribution < -0.4 is 4.74 Å². The van der Waals surface area contributed by atoms with Crippen molar-refractivity contribution in [3.63, 3.8) is 0 Å². The summed E-state index contributed by atoms with van der Waals surface area (Å²) < 4.78 is 6.00. The molecule has 1 aliphatic carbocycles. The van der Waals surface area contributed by atoms with Crippen LogP contribution >= 0.6 is 0 Å². The number of hydrogen-bond donors (Lipinski definition) is 2. The molecule has 4 aromatic rings. The summed E-state index contributed by atoms with van der Waals surface area (Å²) in [6.45, 7) is 0. The largest absolute Gasteiger partial charge is 0.437 e. The van der Waals surface area contributed by atoms with E-state index in [0.717, 1.165) is 36.0 Å². The maximum absolute atomic E-state index is 12.8. The molecule has 1 fully saturated rings. The van der Waals surface area contributed by atoms with E-state index in [0.29, 0.717) is 29.4 Å². The number of rotatable bonds is 5. The SMILES string of the molecule is O=C(c1ccc(Oc2nccnc2C2CCCC(O)C2)cc1)c1nc2ccccc2[nH]1. The number of aromatic nitrogens is 4. The van der Waals surface area contributed by atoms with Crippen LogP contribution in [0.25, 0.3) is 11.0 Å². The molecule has 156 valence electrons. The predicted octanol–water partition coefficient (Wildman–Crippen LogP) is 4.39. The van der Waals surface area contributed by atoms with Crippen molar-refractivity contribution in [3.8, 4) is 11.6 Å². The van der Waals surface area contributed by atoms with Gasteiger partial charge >= 0.3 is 0 Å². The summed E-state index contributed by atoms with van der Waals surface area (Å²) in [4.78, 5) is 29.1. The quantitative estimate of drug-likeness (QED) is 0.470. The van der Waals surface area contributed by atoms with Gasteiger partial charge in [0.25, 0.3) is 0 Å². The topological polar surface area (TPSA) is 101 Å². The lowest BCUT2D eigenvalue weighted by Gasteiger charge is -2.26. The monoisotopic (exact) mass is 414 g/mol. The Balaban J connectivity index is 1.34. The lowest BCUT2D eigenvalue weighted by Crippen LogP contribution is -2.19. The Morgan fingerprint density at radius 2 is 1.84 bits per heavy atom. The van der Waals surface area contributed by atoms with E-state index in [1.807, 2.05) is 24.3 Å². The van der Waals surface area contributed by atoms with Crippen LogP contribution in [0.5, 0.6) is 11.6 Å². The van der Waals surface area contributed by atoms with Crippen molar-refractivity contribution in [1.82, 2.24) is 19.9 Å². The molecule has 0 radical (unpaired) electrons. The minimum absolute atomic E-state index is 0.126. The predicted molar refractivity (Wildman–Crippen MR) is 115 cm³/mol. The Bertz CT molecular complexity index is 1190. The van der Waals surface area contributed by atoms with E-state index < -0.39 is 0 Å². The molecular formula is C24H22N4O3. The third-order valence-corrected chi connectivity index (χ3v) is 5.66. The lowest BCUT2D eigenvalue weighted by atomic mass is 9.85. The number of fused-ring (bicyclic) bond motifs is 1. The van der Waals surface area contributed by atoms with Gasteiger partial charge in [-0.3, -0.25) is 9.78 Å². The Morgan fingerprint density at radius 3 is 2.65 bits per heavy atom. The van der Waals surface area contributed by atoms with Crippen molar-refractivity contribution < 1.29 is 14.6 Å². The Kier molecular flexibility index (Phi) is 5.18. The zero-order chi connectivity index (χ0) is 21.2. The van der Waals surface area contributed by atoms with Crippen LogP contribution in [0.3, 0.4) is 0 Å². The molecule has 2 atom stereocenters. The van der Waals surface area contributed by atoms with Gasteiger partial charge < -0.3 is 14.8 Å². The van der Waals surface area contributed by atoms with Crippen LogP contribution in [-0.4, -0.2) is 36.9 Å². The number of aliphatic hydroxyl groups excluding tert-OH is 1. The number of ketones is 1. The number of aromatic amines is 1. The number of nitrogens with zero attached hydrogens (tertiary/aromatic N) is 3. The molecule has 31 heavy (non-hydrogen) atoms. The normalized spacial score (nSPS) is 18.7. The summed E-state index contributed by atoms with van der Waals surface area (Å²) in [6.07, 6.45) is 6.35. The summed E-state index contributed by atoms with van der Waals surface area (Å²) >= 11 is 0. The number of carbonyl (C=O) groups is 1. The number of para-hydroxylation sites is 2. The molecule has 0 bridgehead atoms. The molecule has 1 saturated carbocycles. The van der Waals surface area contributed by atoms with Crippen LogP contribution in [0.15, 0.2) is 60.9 Å². The second kappa shape index (κ2) is 8.28. The van der Waals surface area contributed by atoms with Crippen LogP contribution in [0.2, 0.25) is 0 Å². The van der Waals surface area contributed by atoms with Gasteiger partial charge in [0, 0.05) is 23.9 Å². The molecule has 0 aliphatic heterocycles. The van der Waals surface area contributed by atoms with Gasteiger partial charge in [0.1, 0.15) is 11.4 Å². The number of nitrogens with one attached hydrogen (secondary N) is 1. The number of imidazole rings is 1. The van der Waals surface area contributed by atoms with E-state index in [-0.39, 0.29) is 17.8 Å². The first kappa shape index (κ1) is 19.4. The number of H-pyrrole nitrogens is 1. The molecular weight excluding hydrogens is 392 g/mol. The van der Waals surface area contributed by atoms with Gasteiger partial charge in [-0.05, 0) is 55.7 Å². The number of carbonyl (C=O) groups excluding carboxylic acids is 1. The van der Waals surface area contributed by atoms with Crippen molar-refractivity contribution in [3.05, 3.63) is 78.0 Å². The molecule has 2 aromatic heterocycles. The first-order valence-electron chi connectivity index (χ1n) is 10.4. The smallest absolute Gasteiger partial charge is 0.241 e. The average molecular weight is 414 g/mol. The molecule has 2 unspecified atom stereocenters. The number of aliphatic hydroxyl groups is 1. The van der Waals surface area contributed by atoms with Crippen LogP contribution in [-0.2, 0) is 0 Å². The molecule has 2 N–H and O–H groups in total. The van der Waals surface area contributed by atoms with Gasteiger partial charge in [-0.25, -0.2) is 9.97 Å². The van der Waals surface area contributed by atoms with Crippen molar-refractivity contribution in [2.24, 2.45) is 0 Å². The van der Waals surface area contributed by atoms with Gasteiger partial charge in [-0.15, -0.1) is 0 Å². The third kappa shape index (κ3) is 4.04. The highest BCUT2D eigenvalue weighted by atomic mass is 16.5. The highest BCUT2D eigenvalue weighted by Gasteiger charge is 2.26. The zero-order valence-corrected chi connectivity index (χ0v) is 16.9. The molecule has 0 saturated heterocycles. The Labute approximate surface area is 179 Å². The van der Waals surface area contributed by atoms with Crippen LogP contribution in [0.1, 0.15) is 53.5 Å². The van der Waals surface area contributed by atoms with Gasteiger partial charge in [-0.1, -0.05) is 18.6 Å². The number of hydrogen-bond acceptors (Lipinski definition) is 6. The van der Waals surface area contributed by atoms with E-state index in [1.54, 1.807) is 36.7 Å². The zero-order valence-electron chi connectivity index (χ0n) is 16.9.